The summed E-state index contributed by atoms with van der Waals surface area (Å²) >= 11 is 6.48. The fourth-order valence-corrected chi connectivity index (χ4v) is 5.58. The van der Waals surface area contributed by atoms with Crippen LogP contribution >= 0.6 is 11.6 Å². The lowest BCUT2D eigenvalue weighted by Gasteiger charge is -2.32. The molecule has 0 radical (unpaired) electrons. The number of hydrogen-bond donors (Lipinski definition) is 1. The largest absolute Gasteiger partial charge is 0.326 e. The number of likely N-dealkylation sites (tertiary alicyclic amines) is 1. The molecule has 1 amide bonds. The monoisotopic (exact) mass is 531 g/mol. The third kappa shape index (κ3) is 5.71. The van der Waals surface area contributed by atoms with Crippen molar-refractivity contribution in [2.75, 3.05) is 25.0 Å². The van der Waals surface area contributed by atoms with Crippen molar-refractivity contribution >= 4 is 39.9 Å². The van der Waals surface area contributed by atoms with E-state index >= 15 is 0 Å². The molecule has 0 unspecified atom stereocenters. The maximum atomic E-state index is 11.4. The summed E-state index contributed by atoms with van der Waals surface area (Å²) in [5.74, 6) is 1.17. The van der Waals surface area contributed by atoms with E-state index in [0.29, 0.717) is 16.5 Å². The van der Waals surface area contributed by atoms with Crippen molar-refractivity contribution < 1.29 is 9.72 Å². The standard InChI is InChI=1S/C29H30ClN5O3/c1-20(36)31-23-7-4-6-22(18-23)21-12-16-33(17-13-21)14-5-15-34-28-9-3-2-8-27(28)32-29(34)25-11-10-24(35(37)38)19-26(25)30/h2-4,6-11,18-19,21H,5,12-17H2,1H3,(H,31,36). The van der Waals surface area contributed by atoms with Crippen molar-refractivity contribution in [3.05, 3.63) is 87.4 Å². The van der Waals surface area contributed by atoms with Gasteiger partial charge in [0.25, 0.3) is 5.69 Å². The van der Waals surface area contributed by atoms with Crippen LogP contribution in [0.1, 0.15) is 37.7 Å². The number of nitro groups is 1. The minimum atomic E-state index is -0.443. The highest BCUT2D eigenvalue weighted by molar-refractivity contribution is 6.33. The fourth-order valence-electron chi connectivity index (χ4n) is 5.32. The minimum Gasteiger partial charge on any atom is -0.326 e. The van der Waals surface area contributed by atoms with Gasteiger partial charge in [-0.3, -0.25) is 14.9 Å². The van der Waals surface area contributed by atoms with Crippen molar-refractivity contribution in [1.29, 1.82) is 0 Å². The lowest BCUT2D eigenvalue weighted by atomic mass is 9.89. The molecule has 5 rings (SSSR count). The molecular weight excluding hydrogens is 502 g/mol. The highest BCUT2D eigenvalue weighted by Gasteiger charge is 2.22. The third-order valence-electron chi connectivity index (χ3n) is 7.18. The van der Waals surface area contributed by atoms with E-state index in [1.165, 1.54) is 24.6 Å². The van der Waals surface area contributed by atoms with E-state index in [-0.39, 0.29) is 11.6 Å². The van der Waals surface area contributed by atoms with Crippen LogP contribution in [0.3, 0.4) is 0 Å². The van der Waals surface area contributed by atoms with E-state index < -0.39 is 4.92 Å². The maximum Gasteiger partial charge on any atom is 0.270 e. The van der Waals surface area contributed by atoms with Gasteiger partial charge in [0.05, 0.1) is 21.0 Å². The molecular formula is C29H30ClN5O3. The molecule has 2 heterocycles. The van der Waals surface area contributed by atoms with Crippen LogP contribution in [0, 0.1) is 10.1 Å². The molecule has 1 aromatic heterocycles. The fraction of sp³-hybridized carbons (Fsp3) is 0.310. The molecule has 0 aliphatic carbocycles. The molecule has 9 heteroatoms. The molecule has 1 N–H and O–H groups in total. The van der Waals surface area contributed by atoms with Crippen LogP contribution in [0.5, 0.6) is 0 Å². The number of nitrogens with zero attached hydrogens (tertiary/aromatic N) is 4. The van der Waals surface area contributed by atoms with Gasteiger partial charge in [-0.2, -0.15) is 0 Å². The van der Waals surface area contributed by atoms with Crippen LogP contribution in [0.25, 0.3) is 22.4 Å². The minimum absolute atomic E-state index is 0.0355. The Morgan fingerprint density at radius 3 is 2.61 bits per heavy atom. The first-order valence-corrected chi connectivity index (χ1v) is 13.3. The van der Waals surface area contributed by atoms with Gasteiger partial charge in [0.2, 0.25) is 5.91 Å². The van der Waals surface area contributed by atoms with E-state index in [1.807, 2.05) is 36.4 Å². The maximum absolute atomic E-state index is 11.4. The smallest absolute Gasteiger partial charge is 0.270 e. The third-order valence-corrected chi connectivity index (χ3v) is 7.49. The highest BCUT2D eigenvalue weighted by Crippen LogP contribution is 2.33. The Morgan fingerprint density at radius 2 is 1.87 bits per heavy atom. The highest BCUT2D eigenvalue weighted by atomic mass is 35.5. The first-order chi connectivity index (χ1) is 18.4. The van der Waals surface area contributed by atoms with Crippen molar-refractivity contribution in [3.8, 4) is 11.4 Å². The van der Waals surface area contributed by atoms with Gasteiger partial charge in [0, 0.05) is 36.9 Å². The van der Waals surface area contributed by atoms with Gasteiger partial charge < -0.3 is 14.8 Å². The van der Waals surface area contributed by atoms with Gasteiger partial charge in [0.15, 0.2) is 0 Å². The number of rotatable bonds is 8. The number of hydrogen-bond acceptors (Lipinski definition) is 5. The number of para-hydroxylation sites is 2. The zero-order valence-electron chi connectivity index (χ0n) is 21.3. The van der Waals surface area contributed by atoms with Crippen LogP contribution in [-0.2, 0) is 11.3 Å². The van der Waals surface area contributed by atoms with Gasteiger partial charge in [-0.05, 0) is 80.7 Å². The summed E-state index contributed by atoms with van der Waals surface area (Å²) in [5.41, 5.74) is 4.69. The Bertz CT molecular complexity index is 1480. The summed E-state index contributed by atoms with van der Waals surface area (Å²) in [6.45, 7) is 5.32. The number of piperidine rings is 1. The van der Waals surface area contributed by atoms with Crippen LogP contribution in [-0.4, -0.2) is 44.9 Å². The van der Waals surface area contributed by atoms with Crippen molar-refractivity contribution in [1.82, 2.24) is 14.5 Å². The summed E-state index contributed by atoms with van der Waals surface area (Å²) in [6, 6.07) is 20.7. The topological polar surface area (TPSA) is 93.3 Å². The molecule has 8 nitrogen and oxygen atoms in total. The second-order valence-electron chi connectivity index (χ2n) is 9.77. The summed E-state index contributed by atoms with van der Waals surface area (Å²) in [5, 5.41) is 14.4. The first kappa shape index (κ1) is 25.9. The van der Waals surface area contributed by atoms with Gasteiger partial charge in [-0.25, -0.2) is 4.98 Å². The quantitative estimate of drug-likeness (QED) is 0.207. The number of non-ortho nitro benzene ring substituents is 1. The van der Waals surface area contributed by atoms with E-state index in [2.05, 4.69) is 26.9 Å². The summed E-state index contributed by atoms with van der Waals surface area (Å²) in [7, 11) is 0. The summed E-state index contributed by atoms with van der Waals surface area (Å²) in [6.07, 6.45) is 3.11. The average molecular weight is 532 g/mol. The molecule has 1 fully saturated rings. The van der Waals surface area contributed by atoms with Crippen LogP contribution < -0.4 is 5.32 Å². The molecule has 0 atom stereocenters. The SMILES string of the molecule is CC(=O)Nc1cccc(C2CCN(CCCn3c(-c4ccc([N+](=O)[O-])cc4Cl)nc4ccccc43)CC2)c1. The molecule has 1 aliphatic rings. The summed E-state index contributed by atoms with van der Waals surface area (Å²) in [4.78, 5) is 29.4. The predicted octanol–water partition coefficient (Wildman–Crippen LogP) is 6.49. The number of amides is 1. The number of aromatic nitrogens is 2. The van der Waals surface area contributed by atoms with E-state index in [0.717, 1.165) is 68.0 Å². The molecule has 0 saturated carbocycles. The number of imidazole rings is 1. The number of benzene rings is 3. The Labute approximate surface area is 226 Å². The van der Waals surface area contributed by atoms with Gasteiger partial charge in [-0.15, -0.1) is 0 Å². The molecule has 38 heavy (non-hydrogen) atoms. The number of anilines is 1. The lowest BCUT2D eigenvalue weighted by Crippen LogP contribution is -2.34. The van der Waals surface area contributed by atoms with Crippen molar-refractivity contribution in [3.63, 3.8) is 0 Å². The molecule has 1 saturated heterocycles. The number of aryl methyl sites for hydroxylation is 1. The molecule has 3 aromatic carbocycles. The number of carbonyl (C=O) groups excluding carboxylic acids is 1. The van der Waals surface area contributed by atoms with Crippen molar-refractivity contribution in [2.24, 2.45) is 0 Å². The molecule has 1 aliphatic heterocycles. The average Bonchev–Trinajstić information content (AvgIpc) is 3.27. The Hall–Kier alpha value is -3.75. The van der Waals surface area contributed by atoms with Crippen LogP contribution in [0.15, 0.2) is 66.7 Å². The number of carbonyl (C=O) groups is 1. The normalized spacial score (nSPS) is 14.6. The first-order valence-electron chi connectivity index (χ1n) is 12.9. The molecule has 4 aromatic rings. The zero-order chi connectivity index (χ0) is 26.6. The van der Waals surface area contributed by atoms with Gasteiger partial charge >= 0.3 is 0 Å². The number of halogens is 1. The summed E-state index contributed by atoms with van der Waals surface area (Å²) < 4.78 is 2.17. The van der Waals surface area contributed by atoms with E-state index in [4.69, 9.17) is 16.6 Å². The van der Waals surface area contributed by atoms with Gasteiger partial charge in [-0.1, -0.05) is 35.9 Å². The second kappa shape index (κ2) is 11.3. The van der Waals surface area contributed by atoms with E-state index in [1.54, 1.807) is 6.07 Å². The second-order valence-corrected chi connectivity index (χ2v) is 10.2. The van der Waals surface area contributed by atoms with E-state index in [9.17, 15) is 14.9 Å². The lowest BCUT2D eigenvalue weighted by molar-refractivity contribution is -0.384. The number of nitro benzene ring substituents is 1. The zero-order valence-corrected chi connectivity index (χ0v) is 22.0. The molecule has 0 spiro atoms. The van der Waals surface area contributed by atoms with Crippen LogP contribution in [0.4, 0.5) is 11.4 Å². The Balaban J connectivity index is 1.24. The number of fused-ring (bicyclic) bond motifs is 1. The van der Waals surface area contributed by atoms with Crippen LogP contribution in [0.2, 0.25) is 5.02 Å². The predicted molar refractivity (Wildman–Crippen MR) is 151 cm³/mol. The van der Waals surface area contributed by atoms with Crippen molar-refractivity contribution in [2.45, 2.75) is 38.6 Å². The number of nitrogens with one attached hydrogen (secondary N) is 1. The molecule has 0 bridgehead atoms. The Kier molecular flexibility index (Phi) is 7.72. The van der Waals surface area contributed by atoms with Gasteiger partial charge in [0.1, 0.15) is 5.82 Å². The molecule has 196 valence electrons. The Morgan fingerprint density at radius 1 is 1.08 bits per heavy atom.